The van der Waals surface area contributed by atoms with Crippen LogP contribution in [0.25, 0.3) is 0 Å². The molecule has 0 atom stereocenters. The summed E-state index contributed by atoms with van der Waals surface area (Å²) in [4.78, 5) is 57.1. The van der Waals surface area contributed by atoms with Crippen molar-refractivity contribution in [2.45, 2.75) is 11.3 Å². The Labute approximate surface area is 238 Å². The summed E-state index contributed by atoms with van der Waals surface area (Å²) in [5.41, 5.74) is -2.12. The number of hydrogen-bond donors (Lipinski definition) is 0. The summed E-state index contributed by atoms with van der Waals surface area (Å²) in [6, 6.07) is 9.71. The molecule has 4 rings (SSSR count). The van der Waals surface area contributed by atoms with E-state index in [1.807, 2.05) is 0 Å². The molecular formula is C24H22Cl4N4O6. The molecule has 0 aromatic heterocycles. The van der Waals surface area contributed by atoms with Crippen molar-refractivity contribution < 1.29 is 28.7 Å². The molecule has 0 N–H and O–H groups in total. The quantitative estimate of drug-likeness (QED) is 0.250. The molecule has 38 heavy (non-hydrogen) atoms. The minimum atomic E-state index is -1.70. The molecule has 0 spiro atoms. The van der Waals surface area contributed by atoms with Crippen molar-refractivity contribution in [1.29, 1.82) is 0 Å². The van der Waals surface area contributed by atoms with Gasteiger partial charge in [0.15, 0.2) is 11.3 Å². The number of urea groups is 2. The molecular weight excluding hydrogens is 582 g/mol. The molecule has 2 fully saturated rings. The third-order valence-corrected chi connectivity index (χ3v) is 7.82. The van der Waals surface area contributed by atoms with E-state index in [9.17, 15) is 19.2 Å². The number of ether oxygens (including phenoxy) is 2. The molecule has 2 heterocycles. The standard InChI is InChI=1S/C24H22Cl4N4O6/c1-37-19(33)15-3-7-17(8-4-15)23-24(31(13-27)21(35)29(23)11-25,32(14-28)22(36)30(23)12-26)18-9-5-16(6-10-18)20(34)38-2/h3-10H,11-14H2,1-2H3. The number of carbonyl (C=O) groups is 4. The van der Waals surface area contributed by atoms with Crippen LogP contribution in [0.3, 0.4) is 0 Å². The highest BCUT2D eigenvalue weighted by Gasteiger charge is 2.79. The van der Waals surface area contributed by atoms with Crippen molar-refractivity contribution >= 4 is 70.4 Å². The molecule has 10 nitrogen and oxygen atoms in total. The molecule has 2 aromatic rings. The summed E-state index contributed by atoms with van der Waals surface area (Å²) < 4.78 is 9.61. The summed E-state index contributed by atoms with van der Waals surface area (Å²) in [5.74, 6) is -1.14. The van der Waals surface area contributed by atoms with Gasteiger partial charge < -0.3 is 9.47 Å². The highest BCUT2D eigenvalue weighted by Crippen LogP contribution is 2.62. The number of fused-ring (bicyclic) bond motifs is 1. The molecule has 14 heteroatoms. The molecule has 2 aromatic carbocycles. The average Bonchev–Trinajstić information content (AvgIpc) is 3.31. The van der Waals surface area contributed by atoms with Gasteiger partial charge in [0.05, 0.1) is 25.3 Å². The monoisotopic (exact) mass is 602 g/mol. The van der Waals surface area contributed by atoms with Crippen molar-refractivity contribution in [3.05, 3.63) is 70.8 Å². The number of nitrogens with zero attached hydrogens (tertiary/aromatic N) is 4. The van der Waals surface area contributed by atoms with E-state index >= 15 is 0 Å². The number of halogens is 4. The average molecular weight is 604 g/mol. The van der Waals surface area contributed by atoms with Gasteiger partial charge in [-0.25, -0.2) is 19.2 Å². The molecule has 0 saturated carbocycles. The molecule has 4 amide bonds. The van der Waals surface area contributed by atoms with Gasteiger partial charge in [0.2, 0.25) is 0 Å². The first-order valence-electron chi connectivity index (χ1n) is 11.1. The Bertz CT molecular complexity index is 1130. The highest BCUT2D eigenvalue weighted by molar-refractivity contribution is 6.22. The first-order valence-corrected chi connectivity index (χ1v) is 13.2. The van der Waals surface area contributed by atoms with Crippen molar-refractivity contribution in [1.82, 2.24) is 19.6 Å². The van der Waals surface area contributed by atoms with Gasteiger partial charge in [-0.05, 0) is 24.3 Å². The van der Waals surface area contributed by atoms with Crippen LogP contribution < -0.4 is 0 Å². The number of methoxy groups -OCH3 is 2. The minimum absolute atomic E-state index is 0.243. The fourth-order valence-electron chi connectivity index (χ4n) is 5.38. The van der Waals surface area contributed by atoms with E-state index in [4.69, 9.17) is 55.9 Å². The van der Waals surface area contributed by atoms with Gasteiger partial charge in [-0.1, -0.05) is 24.3 Å². The van der Waals surface area contributed by atoms with Gasteiger partial charge >= 0.3 is 24.0 Å². The van der Waals surface area contributed by atoms with Crippen LogP contribution in [0.5, 0.6) is 0 Å². The maximum atomic E-state index is 13.9. The lowest BCUT2D eigenvalue weighted by Crippen LogP contribution is -2.63. The molecule has 0 radical (unpaired) electrons. The predicted molar refractivity (Wildman–Crippen MR) is 140 cm³/mol. The Morgan fingerprint density at radius 1 is 0.605 bits per heavy atom. The lowest BCUT2D eigenvalue weighted by molar-refractivity contribution is -0.0569. The van der Waals surface area contributed by atoms with E-state index in [2.05, 4.69) is 0 Å². The molecule has 0 bridgehead atoms. The van der Waals surface area contributed by atoms with Crippen LogP contribution in [0.2, 0.25) is 0 Å². The number of hydrogen-bond acceptors (Lipinski definition) is 6. The van der Waals surface area contributed by atoms with Crippen LogP contribution >= 0.6 is 46.4 Å². The number of amides is 4. The van der Waals surface area contributed by atoms with Crippen molar-refractivity contribution in [3.63, 3.8) is 0 Å². The fraction of sp³-hybridized carbons (Fsp3) is 0.333. The molecule has 0 unspecified atom stereocenters. The Hall–Kier alpha value is -2.92. The summed E-state index contributed by atoms with van der Waals surface area (Å²) >= 11 is 25.6. The zero-order valence-corrected chi connectivity index (χ0v) is 23.2. The van der Waals surface area contributed by atoms with E-state index in [0.29, 0.717) is 11.1 Å². The van der Waals surface area contributed by atoms with Gasteiger partial charge in [0, 0.05) is 11.1 Å². The van der Waals surface area contributed by atoms with E-state index in [1.165, 1.54) is 58.1 Å². The summed E-state index contributed by atoms with van der Waals surface area (Å²) in [6.45, 7) is 0. The normalized spacial score (nSPS) is 22.7. The van der Waals surface area contributed by atoms with Gasteiger partial charge in [0.1, 0.15) is 24.0 Å². The molecule has 0 aliphatic carbocycles. The van der Waals surface area contributed by atoms with Gasteiger partial charge in [-0.2, -0.15) is 0 Å². The van der Waals surface area contributed by atoms with Crippen LogP contribution in [0, 0.1) is 0 Å². The van der Waals surface area contributed by atoms with Crippen LogP contribution in [-0.2, 0) is 20.8 Å². The molecule has 2 aliphatic heterocycles. The van der Waals surface area contributed by atoms with Crippen LogP contribution in [0.15, 0.2) is 48.5 Å². The van der Waals surface area contributed by atoms with Crippen molar-refractivity contribution in [2.75, 3.05) is 38.2 Å². The zero-order valence-electron chi connectivity index (χ0n) is 20.2. The predicted octanol–water partition coefficient (Wildman–Crippen LogP) is 4.53. The number of rotatable bonds is 8. The zero-order chi connectivity index (χ0) is 27.8. The lowest BCUT2D eigenvalue weighted by Gasteiger charge is -2.49. The second kappa shape index (κ2) is 10.7. The van der Waals surface area contributed by atoms with Crippen LogP contribution in [-0.4, -0.2) is 81.8 Å². The maximum absolute atomic E-state index is 13.9. The fourth-order valence-corrected chi connectivity index (χ4v) is 6.48. The number of benzene rings is 2. The molecule has 202 valence electrons. The number of alkyl halides is 4. The second-order valence-corrected chi connectivity index (χ2v) is 9.19. The van der Waals surface area contributed by atoms with E-state index in [0.717, 1.165) is 0 Å². The summed E-state index contributed by atoms with van der Waals surface area (Å²) in [5, 5.41) is 0. The third kappa shape index (κ3) is 3.54. The minimum Gasteiger partial charge on any atom is -0.465 e. The third-order valence-electron chi connectivity index (χ3n) is 6.87. The van der Waals surface area contributed by atoms with Crippen molar-refractivity contribution in [2.24, 2.45) is 0 Å². The van der Waals surface area contributed by atoms with E-state index in [-0.39, 0.29) is 35.1 Å². The lowest BCUT2D eigenvalue weighted by atomic mass is 9.79. The van der Waals surface area contributed by atoms with Gasteiger partial charge in [-0.15, -0.1) is 46.4 Å². The van der Waals surface area contributed by atoms with Crippen LogP contribution in [0.1, 0.15) is 31.8 Å². The van der Waals surface area contributed by atoms with E-state index in [1.54, 1.807) is 24.3 Å². The Balaban J connectivity index is 2.12. The first kappa shape index (κ1) is 28.1. The second-order valence-electron chi connectivity index (χ2n) is 8.24. The largest absolute Gasteiger partial charge is 0.465 e. The topological polar surface area (TPSA) is 99.7 Å². The molecule has 2 saturated heterocycles. The van der Waals surface area contributed by atoms with Gasteiger partial charge in [-0.3, -0.25) is 19.6 Å². The SMILES string of the molecule is COC(=O)c1ccc(C23N(CCl)C(=O)N(CCl)C2(c2ccc(C(=O)OC)cc2)N(CCl)C(=O)N3CCl)cc1. The summed E-state index contributed by atoms with van der Waals surface area (Å²) in [7, 11) is 2.51. The maximum Gasteiger partial charge on any atom is 0.337 e. The van der Waals surface area contributed by atoms with Gasteiger partial charge in [0.25, 0.3) is 0 Å². The van der Waals surface area contributed by atoms with E-state index < -0.39 is 35.3 Å². The Kier molecular flexibility index (Phi) is 7.90. The smallest absolute Gasteiger partial charge is 0.337 e. The Morgan fingerprint density at radius 2 is 0.868 bits per heavy atom. The number of esters is 2. The Morgan fingerprint density at radius 3 is 1.08 bits per heavy atom. The molecule has 2 aliphatic rings. The van der Waals surface area contributed by atoms with Crippen molar-refractivity contribution in [3.8, 4) is 0 Å². The number of carbonyl (C=O) groups excluding carboxylic acids is 4. The first-order chi connectivity index (χ1) is 18.2. The van der Waals surface area contributed by atoms with Crippen LogP contribution in [0.4, 0.5) is 9.59 Å². The summed E-state index contributed by atoms with van der Waals surface area (Å²) in [6.07, 6.45) is 0. The highest BCUT2D eigenvalue weighted by atomic mass is 35.5.